The quantitative estimate of drug-likeness (QED) is 0.773. The number of nitriles is 1. The van der Waals surface area contributed by atoms with Crippen LogP contribution in [-0.4, -0.2) is 4.98 Å². The van der Waals surface area contributed by atoms with Crippen LogP contribution >= 0.6 is 11.6 Å². The number of alkyl halides is 3. The van der Waals surface area contributed by atoms with Gasteiger partial charge in [-0.15, -0.1) is 11.6 Å². The number of hydrogen-bond donors (Lipinski definition) is 1. The van der Waals surface area contributed by atoms with E-state index in [0.29, 0.717) is 0 Å². The first-order chi connectivity index (χ1) is 6.61. The van der Waals surface area contributed by atoms with Gasteiger partial charge in [0, 0.05) is 17.6 Å². The van der Waals surface area contributed by atoms with Crippen molar-refractivity contribution in [2.75, 3.05) is 5.73 Å². The van der Waals surface area contributed by atoms with Crippen LogP contribution in [0.4, 0.5) is 14.6 Å². The van der Waals surface area contributed by atoms with E-state index in [2.05, 4.69) is 4.98 Å². The Bertz CT molecular complexity index is 387. The summed E-state index contributed by atoms with van der Waals surface area (Å²) < 4.78 is 24.8. The van der Waals surface area contributed by atoms with Gasteiger partial charge in [0.25, 0.3) is 6.43 Å². The fourth-order valence-corrected chi connectivity index (χ4v) is 1.33. The van der Waals surface area contributed by atoms with Crippen LogP contribution < -0.4 is 5.73 Å². The molecule has 0 amide bonds. The Kier molecular flexibility index (Phi) is 3.20. The molecule has 0 atom stereocenters. The molecule has 6 heteroatoms. The lowest BCUT2D eigenvalue weighted by Crippen LogP contribution is -2.03. The van der Waals surface area contributed by atoms with Crippen LogP contribution in [0.15, 0.2) is 6.20 Å². The van der Waals surface area contributed by atoms with Crippen LogP contribution in [0, 0.1) is 11.3 Å². The summed E-state index contributed by atoms with van der Waals surface area (Å²) in [5.41, 5.74) is 4.98. The van der Waals surface area contributed by atoms with Crippen LogP contribution in [0.5, 0.6) is 0 Å². The molecule has 3 nitrogen and oxygen atoms in total. The molecular formula is C8H6ClF2N3. The number of aromatic nitrogens is 1. The van der Waals surface area contributed by atoms with Crippen molar-refractivity contribution >= 4 is 17.4 Å². The maximum atomic E-state index is 12.4. The van der Waals surface area contributed by atoms with E-state index in [9.17, 15) is 8.78 Å². The van der Waals surface area contributed by atoms with Gasteiger partial charge in [0.2, 0.25) is 0 Å². The van der Waals surface area contributed by atoms with Crippen LogP contribution in [0.2, 0.25) is 0 Å². The molecule has 1 heterocycles. The van der Waals surface area contributed by atoms with E-state index in [-0.39, 0.29) is 28.4 Å². The minimum atomic E-state index is -2.70. The van der Waals surface area contributed by atoms with E-state index in [1.165, 1.54) is 0 Å². The zero-order valence-corrected chi connectivity index (χ0v) is 7.72. The summed E-state index contributed by atoms with van der Waals surface area (Å²) in [4.78, 5) is 3.50. The lowest BCUT2D eigenvalue weighted by Gasteiger charge is -2.08. The van der Waals surface area contributed by atoms with Crippen molar-refractivity contribution in [3.8, 4) is 6.07 Å². The fourth-order valence-electron chi connectivity index (χ4n) is 1.04. The van der Waals surface area contributed by atoms with Gasteiger partial charge in [-0.25, -0.2) is 13.8 Å². The number of halogens is 3. The van der Waals surface area contributed by atoms with Gasteiger partial charge in [-0.1, -0.05) is 0 Å². The molecule has 0 aliphatic rings. The van der Waals surface area contributed by atoms with Gasteiger partial charge in [0.05, 0.1) is 5.56 Å². The van der Waals surface area contributed by atoms with Crippen molar-refractivity contribution in [1.29, 1.82) is 5.26 Å². The summed E-state index contributed by atoms with van der Waals surface area (Å²) in [6, 6.07) is 1.70. The number of anilines is 1. The molecule has 14 heavy (non-hydrogen) atoms. The molecule has 74 valence electrons. The summed E-state index contributed by atoms with van der Waals surface area (Å²) >= 11 is 5.46. The molecule has 0 aromatic carbocycles. The predicted octanol–water partition coefficient (Wildman–Crippen LogP) is 2.21. The van der Waals surface area contributed by atoms with Crippen LogP contribution in [0.25, 0.3) is 0 Å². The third-order valence-corrected chi connectivity index (χ3v) is 2.00. The van der Waals surface area contributed by atoms with Gasteiger partial charge in [0.1, 0.15) is 11.9 Å². The minimum absolute atomic E-state index is 0.0525. The van der Waals surface area contributed by atoms with Gasteiger partial charge in [-0.05, 0) is 5.56 Å². The third-order valence-electron chi connectivity index (χ3n) is 1.73. The largest absolute Gasteiger partial charge is 0.383 e. The highest BCUT2D eigenvalue weighted by Gasteiger charge is 2.18. The van der Waals surface area contributed by atoms with Gasteiger partial charge in [-0.2, -0.15) is 5.26 Å². The molecule has 2 N–H and O–H groups in total. The van der Waals surface area contributed by atoms with Crippen LogP contribution in [-0.2, 0) is 5.88 Å². The first-order valence-electron chi connectivity index (χ1n) is 3.63. The summed E-state index contributed by atoms with van der Waals surface area (Å²) in [5.74, 6) is -0.262. The molecule has 0 aliphatic carbocycles. The van der Waals surface area contributed by atoms with E-state index in [4.69, 9.17) is 22.6 Å². The molecule has 1 rings (SSSR count). The van der Waals surface area contributed by atoms with Crippen molar-refractivity contribution in [3.63, 3.8) is 0 Å². The highest BCUT2D eigenvalue weighted by Crippen LogP contribution is 2.27. The Morgan fingerprint density at radius 1 is 1.64 bits per heavy atom. The average molecular weight is 218 g/mol. The van der Waals surface area contributed by atoms with Gasteiger partial charge >= 0.3 is 0 Å². The van der Waals surface area contributed by atoms with Gasteiger partial charge < -0.3 is 5.73 Å². The third kappa shape index (κ3) is 1.75. The Morgan fingerprint density at radius 2 is 2.29 bits per heavy atom. The second kappa shape index (κ2) is 4.20. The SMILES string of the molecule is N#Cc1c(N)ncc(C(F)F)c1CCl. The normalized spacial score (nSPS) is 10.2. The maximum absolute atomic E-state index is 12.4. The number of nitrogens with two attached hydrogens (primary N) is 1. The van der Waals surface area contributed by atoms with Gasteiger partial charge in [0.15, 0.2) is 0 Å². The lowest BCUT2D eigenvalue weighted by molar-refractivity contribution is 0.150. The van der Waals surface area contributed by atoms with Crippen molar-refractivity contribution in [2.45, 2.75) is 12.3 Å². The molecule has 0 spiro atoms. The zero-order valence-electron chi connectivity index (χ0n) is 6.97. The zero-order chi connectivity index (χ0) is 10.7. The monoisotopic (exact) mass is 217 g/mol. The number of pyridine rings is 1. The molecule has 0 radical (unpaired) electrons. The summed E-state index contributed by atoms with van der Waals surface area (Å²) in [7, 11) is 0. The molecule has 0 unspecified atom stereocenters. The first kappa shape index (κ1) is 10.7. The number of nitrogens with zero attached hydrogens (tertiary/aromatic N) is 2. The second-order valence-electron chi connectivity index (χ2n) is 2.50. The smallest absolute Gasteiger partial charge is 0.265 e. The number of nitrogen functional groups attached to an aromatic ring is 1. The molecule has 0 saturated heterocycles. The summed E-state index contributed by atoms with van der Waals surface area (Å²) in [6.45, 7) is 0. The van der Waals surface area contributed by atoms with E-state index in [1.807, 2.05) is 0 Å². The minimum Gasteiger partial charge on any atom is -0.383 e. The van der Waals surface area contributed by atoms with Crippen molar-refractivity contribution in [3.05, 3.63) is 22.9 Å². The Balaban J connectivity index is 3.42. The predicted molar refractivity (Wildman–Crippen MR) is 47.9 cm³/mol. The van der Waals surface area contributed by atoms with Crippen LogP contribution in [0.3, 0.4) is 0 Å². The fraction of sp³-hybridized carbons (Fsp3) is 0.250. The first-order valence-corrected chi connectivity index (χ1v) is 4.16. The lowest BCUT2D eigenvalue weighted by atomic mass is 10.1. The van der Waals surface area contributed by atoms with E-state index < -0.39 is 6.43 Å². The van der Waals surface area contributed by atoms with E-state index >= 15 is 0 Å². The second-order valence-corrected chi connectivity index (χ2v) is 2.77. The average Bonchev–Trinajstić information content (AvgIpc) is 2.16. The Hall–Kier alpha value is -1.41. The number of hydrogen-bond acceptors (Lipinski definition) is 3. The standard InChI is InChI=1S/C8H6ClF2N3/c9-1-4-5(2-12)8(13)14-3-6(4)7(10)11/h3,7H,1H2,(H2,13,14). The van der Waals surface area contributed by atoms with Crippen LogP contribution in [0.1, 0.15) is 23.1 Å². The molecular weight excluding hydrogens is 212 g/mol. The van der Waals surface area contributed by atoms with Crippen molar-refractivity contribution in [2.24, 2.45) is 0 Å². The van der Waals surface area contributed by atoms with Gasteiger partial charge in [-0.3, -0.25) is 0 Å². The molecule has 1 aromatic heterocycles. The molecule has 1 aromatic rings. The van der Waals surface area contributed by atoms with E-state index in [1.54, 1.807) is 6.07 Å². The topological polar surface area (TPSA) is 62.7 Å². The summed E-state index contributed by atoms with van der Waals surface area (Å²) in [6.07, 6.45) is -1.76. The maximum Gasteiger partial charge on any atom is 0.265 e. The molecule has 0 fully saturated rings. The number of rotatable bonds is 2. The van der Waals surface area contributed by atoms with E-state index in [0.717, 1.165) is 6.20 Å². The summed E-state index contributed by atoms with van der Waals surface area (Å²) in [5, 5.41) is 8.66. The highest BCUT2D eigenvalue weighted by atomic mass is 35.5. The Morgan fingerprint density at radius 3 is 2.71 bits per heavy atom. The Labute approximate surface area is 84.1 Å². The molecule has 0 saturated carbocycles. The highest BCUT2D eigenvalue weighted by molar-refractivity contribution is 6.17. The van der Waals surface area contributed by atoms with Crippen molar-refractivity contribution < 1.29 is 8.78 Å². The van der Waals surface area contributed by atoms with Crippen molar-refractivity contribution in [1.82, 2.24) is 4.98 Å². The molecule has 0 aliphatic heterocycles. The molecule has 0 bridgehead atoms.